The smallest absolute Gasteiger partial charge is 0.273 e. The zero-order valence-corrected chi connectivity index (χ0v) is 7.59. The molecule has 0 fully saturated rings. The van der Waals surface area contributed by atoms with Gasteiger partial charge in [0.05, 0.1) is 0 Å². The molecule has 72 valence electrons. The minimum absolute atomic E-state index is 0.156. The van der Waals surface area contributed by atoms with Crippen LogP contribution in [-0.4, -0.2) is 21.7 Å². The Morgan fingerprint density at radius 1 is 1.62 bits per heavy atom. The third kappa shape index (κ3) is 2.07. The molecule has 0 saturated carbocycles. The molecule has 0 spiro atoms. The molecule has 13 heavy (non-hydrogen) atoms. The van der Waals surface area contributed by atoms with Crippen LogP contribution in [0.25, 0.3) is 0 Å². The van der Waals surface area contributed by atoms with Crippen LogP contribution in [0.5, 0.6) is 0 Å². The van der Waals surface area contributed by atoms with Crippen molar-refractivity contribution >= 4 is 16.2 Å². The summed E-state index contributed by atoms with van der Waals surface area (Å²) in [6.45, 7) is 0. The standard InChI is InChI=1S/C6H8N2O4S/c1-7-13(10,11)6-3-2-5(12-6)4-8-9/h2-4,7-8H,1H3. The summed E-state index contributed by atoms with van der Waals surface area (Å²) in [4.78, 5) is 0. The van der Waals surface area contributed by atoms with Crippen molar-refractivity contribution in [1.29, 1.82) is 0 Å². The van der Waals surface area contributed by atoms with Gasteiger partial charge < -0.3 is 9.62 Å². The lowest BCUT2D eigenvalue weighted by atomic mass is 10.5. The monoisotopic (exact) mass is 204 g/mol. The Hall–Kier alpha value is -1.34. The predicted octanol–water partition coefficient (Wildman–Crippen LogP) is -1.81. The van der Waals surface area contributed by atoms with E-state index in [0.717, 1.165) is 6.21 Å². The van der Waals surface area contributed by atoms with Gasteiger partial charge in [-0.1, -0.05) is 0 Å². The average Bonchev–Trinajstić information content (AvgIpc) is 2.54. The van der Waals surface area contributed by atoms with E-state index < -0.39 is 10.0 Å². The molecule has 1 heterocycles. The van der Waals surface area contributed by atoms with Crippen molar-refractivity contribution in [1.82, 2.24) is 4.72 Å². The Labute approximate surface area is 74.9 Å². The quantitative estimate of drug-likeness (QED) is 0.344. The van der Waals surface area contributed by atoms with Crippen molar-refractivity contribution in [2.45, 2.75) is 5.09 Å². The summed E-state index contributed by atoms with van der Waals surface area (Å²) in [5.41, 5.74) is 0. The highest BCUT2D eigenvalue weighted by atomic mass is 32.2. The highest BCUT2D eigenvalue weighted by Crippen LogP contribution is 2.10. The van der Waals surface area contributed by atoms with Gasteiger partial charge in [-0.2, -0.15) is 0 Å². The molecule has 0 aliphatic heterocycles. The van der Waals surface area contributed by atoms with Crippen LogP contribution in [-0.2, 0) is 10.0 Å². The molecule has 0 aliphatic carbocycles. The van der Waals surface area contributed by atoms with Crippen LogP contribution in [0.2, 0.25) is 0 Å². The lowest BCUT2D eigenvalue weighted by Gasteiger charge is -1.94. The SMILES string of the molecule is CNS(=O)(=O)c1ccc(C=[NH+][O-])o1. The van der Waals surface area contributed by atoms with Crippen LogP contribution in [0, 0.1) is 5.21 Å². The largest absolute Gasteiger partial charge is 0.625 e. The minimum Gasteiger partial charge on any atom is -0.625 e. The van der Waals surface area contributed by atoms with E-state index in [0.29, 0.717) is 0 Å². The van der Waals surface area contributed by atoms with Gasteiger partial charge in [0.15, 0.2) is 5.76 Å². The highest BCUT2D eigenvalue weighted by Gasteiger charge is 2.15. The summed E-state index contributed by atoms with van der Waals surface area (Å²) in [7, 11) is -2.29. The first-order valence-corrected chi connectivity index (χ1v) is 4.83. The summed E-state index contributed by atoms with van der Waals surface area (Å²) in [6.07, 6.45) is 1.01. The van der Waals surface area contributed by atoms with E-state index in [1.54, 1.807) is 0 Å². The van der Waals surface area contributed by atoms with Gasteiger partial charge in [0, 0.05) is 0 Å². The second kappa shape index (κ2) is 3.58. The number of sulfonamides is 1. The van der Waals surface area contributed by atoms with Gasteiger partial charge in [0.2, 0.25) is 11.3 Å². The maximum absolute atomic E-state index is 11.1. The van der Waals surface area contributed by atoms with Gasteiger partial charge in [0.1, 0.15) is 0 Å². The first kappa shape index (κ1) is 9.75. The fraction of sp³-hybridized carbons (Fsp3) is 0.167. The number of hydrogen-bond donors (Lipinski definition) is 2. The maximum Gasteiger partial charge on any atom is 0.273 e. The fourth-order valence-electron chi connectivity index (χ4n) is 0.715. The van der Waals surface area contributed by atoms with Crippen LogP contribution in [0.15, 0.2) is 21.6 Å². The molecule has 0 bridgehead atoms. The van der Waals surface area contributed by atoms with E-state index in [4.69, 9.17) is 4.42 Å². The average molecular weight is 204 g/mol. The highest BCUT2D eigenvalue weighted by molar-refractivity contribution is 7.89. The first-order chi connectivity index (χ1) is 6.10. The van der Waals surface area contributed by atoms with Crippen molar-refractivity contribution in [3.8, 4) is 0 Å². The predicted molar refractivity (Wildman–Crippen MR) is 44.4 cm³/mol. The van der Waals surface area contributed by atoms with E-state index in [1.165, 1.54) is 24.3 Å². The van der Waals surface area contributed by atoms with E-state index in [2.05, 4.69) is 4.72 Å². The van der Waals surface area contributed by atoms with E-state index in [9.17, 15) is 13.6 Å². The number of nitrogens with one attached hydrogen (secondary N) is 2. The Bertz CT molecular complexity index is 406. The van der Waals surface area contributed by atoms with Gasteiger partial charge in [-0.15, -0.1) is 0 Å². The molecule has 2 N–H and O–H groups in total. The number of furan rings is 1. The molecule has 1 rings (SSSR count). The van der Waals surface area contributed by atoms with E-state index >= 15 is 0 Å². The molecule has 1 aromatic rings. The molecular formula is C6H8N2O4S. The topological polar surface area (TPSA) is 96.3 Å². The van der Waals surface area contributed by atoms with Crippen molar-refractivity contribution in [3.05, 3.63) is 23.1 Å². The fourth-order valence-corrected chi connectivity index (χ4v) is 1.37. The van der Waals surface area contributed by atoms with Gasteiger partial charge in [-0.05, 0) is 19.2 Å². The number of rotatable bonds is 3. The Morgan fingerprint density at radius 2 is 2.31 bits per heavy atom. The second-order valence-electron chi connectivity index (χ2n) is 2.13. The first-order valence-electron chi connectivity index (χ1n) is 3.34. The maximum atomic E-state index is 11.1. The van der Waals surface area contributed by atoms with E-state index in [1.807, 2.05) is 0 Å². The van der Waals surface area contributed by atoms with Crippen molar-refractivity contribution < 1.29 is 18.0 Å². The molecule has 7 heteroatoms. The lowest BCUT2D eigenvalue weighted by Crippen LogP contribution is -2.60. The Morgan fingerprint density at radius 3 is 2.85 bits per heavy atom. The molecule has 0 atom stereocenters. The molecule has 0 radical (unpaired) electrons. The third-order valence-corrected chi connectivity index (χ3v) is 2.62. The van der Waals surface area contributed by atoms with Crippen LogP contribution >= 0.6 is 0 Å². The summed E-state index contributed by atoms with van der Waals surface area (Å²) >= 11 is 0. The Balaban J connectivity index is 3.06. The third-order valence-electron chi connectivity index (χ3n) is 1.34. The van der Waals surface area contributed by atoms with Crippen LogP contribution in [0.4, 0.5) is 0 Å². The van der Waals surface area contributed by atoms with Crippen molar-refractivity contribution in [3.63, 3.8) is 0 Å². The molecule has 0 amide bonds. The van der Waals surface area contributed by atoms with Crippen LogP contribution < -0.4 is 9.88 Å². The zero-order valence-electron chi connectivity index (χ0n) is 6.77. The molecule has 0 aromatic carbocycles. The van der Waals surface area contributed by atoms with Crippen LogP contribution in [0.3, 0.4) is 0 Å². The van der Waals surface area contributed by atoms with Crippen LogP contribution in [0.1, 0.15) is 5.76 Å². The molecule has 1 aromatic heterocycles. The second-order valence-corrected chi connectivity index (χ2v) is 3.94. The zero-order chi connectivity index (χ0) is 9.90. The Kier molecular flexibility index (Phi) is 2.69. The van der Waals surface area contributed by atoms with Crippen molar-refractivity contribution in [2.24, 2.45) is 0 Å². The lowest BCUT2D eigenvalue weighted by molar-refractivity contribution is -0.367. The minimum atomic E-state index is -3.56. The molecule has 6 nitrogen and oxygen atoms in total. The summed E-state index contributed by atoms with van der Waals surface area (Å²) in [5.74, 6) is 0.156. The van der Waals surface area contributed by atoms with Gasteiger partial charge >= 0.3 is 0 Å². The van der Waals surface area contributed by atoms with Gasteiger partial charge in [-0.3, -0.25) is 0 Å². The molecule has 0 unspecified atom stereocenters. The van der Waals surface area contributed by atoms with Crippen molar-refractivity contribution in [2.75, 3.05) is 7.05 Å². The van der Waals surface area contributed by atoms with Gasteiger partial charge in [0.25, 0.3) is 10.0 Å². The number of hydrogen-bond acceptors (Lipinski definition) is 4. The molecule has 0 aliphatic rings. The normalized spacial score (nSPS) is 12.4. The summed E-state index contributed by atoms with van der Waals surface area (Å²) in [6, 6.07) is 2.63. The summed E-state index contributed by atoms with van der Waals surface area (Å²) in [5, 5.41) is 11.2. The van der Waals surface area contributed by atoms with Gasteiger partial charge in [-0.25, -0.2) is 18.3 Å². The summed E-state index contributed by atoms with van der Waals surface area (Å²) < 4.78 is 29.1. The van der Waals surface area contributed by atoms with E-state index in [-0.39, 0.29) is 10.9 Å². The molecule has 0 saturated heterocycles. The molecular weight excluding hydrogens is 196 g/mol.